The minimum Gasteiger partial charge on any atom is -0.323 e. The van der Waals surface area contributed by atoms with Gasteiger partial charge in [0.2, 0.25) is 9.84 Å². The number of carbonyl (C=O) groups excluding carboxylic acids is 1. The third-order valence-electron chi connectivity index (χ3n) is 3.25. The van der Waals surface area contributed by atoms with Crippen LogP contribution in [0.15, 0.2) is 49.3 Å². The number of hydrogen-bond donors (Lipinski definition) is 0. The number of hydrogen-bond acceptors (Lipinski definition) is 4. The molecule has 0 saturated heterocycles. The fourth-order valence-corrected chi connectivity index (χ4v) is 4.66. The van der Waals surface area contributed by atoms with Gasteiger partial charge in [-0.2, -0.15) is 9.78 Å². The van der Waals surface area contributed by atoms with Gasteiger partial charge in [0, 0.05) is 28.2 Å². The maximum absolute atomic E-state index is 12.7. The van der Waals surface area contributed by atoms with Gasteiger partial charge in [-0.25, -0.2) is 13.2 Å². The van der Waals surface area contributed by atoms with Gasteiger partial charge in [0.05, 0.1) is 4.90 Å². The Balaban J connectivity index is 2.43. The van der Waals surface area contributed by atoms with E-state index in [2.05, 4.69) is 37.0 Å². The van der Waals surface area contributed by atoms with Gasteiger partial charge in [-0.1, -0.05) is 15.9 Å². The summed E-state index contributed by atoms with van der Waals surface area (Å²) in [6, 6.07) is 5.82. The molecule has 0 radical (unpaired) electrons. The zero-order valence-electron chi connectivity index (χ0n) is 12.5. The highest BCUT2D eigenvalue weighted by molar-refractivity contribution is 9.11. The lowest BCUT2D eigenvalue weighted by Gasteiger charge is -2.17. The summed E-state index contributed by atoms with van der Waals surface area (Å²) >= 11 is 6.49. The van der Waals surface area contributed by atoms with E-state index in [9.17, 15) is 13.2 Å². The van der Waals surface area contributed by atoms with E-state index in [1.807, 2.05) is 13.8 Å². The SMILES string of the molecule is CCN(CC)C(=O)n1ccc(S(=O)(=O)c2cc(Br)ccc2Br)n1. The van der Waals surface area contributed by atoms with E-state index in [4.69, 9.17) is 0 Å². The zero-order valence-corrected chi connectivity index (χ0v) is 16.5. The molecular formula is C14H15Br2N3O3S. The lowest BCUT2D eigenvalue weighted by Crippen LogP contribution is -2.34. The van der Waals surface area contributed by atoms with Gasteiger partial charge in [0.15, 0.2) is 5.03 Å². The molecule has 1 aromatic carbocycles. The smallest absolute Gasteiger partial charge is 0.323 e. The molecule has 0 aliphatic carbocycles. The van der Waals surface area contributed by atoms with Crippen LogP contribution < -0.4 is 0 Å². The Morgan fingerprint density at radius 2 is 1.87 bits per heavy atom. The monoisotopic (exact) mass is 463 g/mol. The van der Waals surface area contributed by atoms with Gasteiger partial charge in [-0.05, 0) is 54.0 Å². The second-order valence-electron chi connectivity index (χ2n) is 4.63. The number of sulfone groups is 1. The summed E-state index contributed by atoms with van der Waals surface area (Å²) in [4.78, 5) is 13.9. The summed E-state index contributed by atoms with van der Waals surface area (Å²) in [6.07, 6.45) is 1.36. The first-order valence-corrected chi connectivity index (χ1v) is 9.93. The van der Waals surface area contributed by atoms with Crippen LogP contribution in [0.25, 0.3) is 0 Å². The van der Waals surface area contributed by atoms with E-state index in [1.54, 1.807) is 17.0 Å². The predicted molar refractivity (Wildman–Crippen MR) is 93.2 cm³/mol. The molecule has 0 N–H and O–H groups in total. The number of benzene rings is 1. The molecule has 0 aliphatic rings. The number of amides is 1. The number of halogens is 2. The Labute approximate surface area is 151 Å². The standard InChI is InChI=1S/C14H15Br2N3O3S/c1-3-18(4-2)14(20)19-8-7-13(17-19)23(21,22)12-9-10(15)5-6-11(12)16/h5-9H,3-4H2,1-2H3. The molecule has 0 aliphatic heterocycles. The van der Waals surface area contributed by atoms with Gasteiger partial charge >= 0.3 is 6.03 Å². The van der Waals surface area contributed by atoms with Crippen molar-refractivity contribution in [2.45, 2.75) is 23.8 Å². The third kappa shape index (κ3) is 3.67. The fourth-order valence-electron chi connectivity index (χ4n) is 1.99. The van der Waals surface area contributed by atoms with Crippen LogP contribution in [-0.2, 0) is 9.84 Å². The van der Waals surface area contributed by atoms with E-state index >= 15 is 0 Å². The fraction of sp³-hybridized carbons (Fsp3) is 0.286. The quantitative estimate of drug-likeness (QED) is 0.693. The molecule has 124 valence electrons. The molecule has 0 fully saturated rings. The summed E-state index contributed by atoms with van der Waals surface area (Å²) in [6.45, 7) is 4.74. The van der Waals surface area contributed by atoms with Gasteiger partial charge in [0.25, 0.3) is 0 Å². The first-order valence-electron chi connectivity index (χ1n) is 6.86. The lowest BCUT2D eigenvalue weighted by molar-refractivity contribution is 0.201. The van der Waals surface area contributed by atoms with Crippen molar-refractivity contribution >= 4 is 47.7 Å². The van der Waals surface area contributed by atoms with E-state index in [0.717, 1.165) is 4.68 Å². The minimum atomic E-state index is -3.82. The minimum absolute atomic E-state index is 0.0902. The van der Waals surface area contributed by atoms with Crippen LogP contribution in [0.2, 0.25) is 0 Å². The largest absolute Gasteiger partial charge is 0.344 e. The maximum atomic E-state index is 12.7. The van der Waals surface area contributed by atoms with Crippen molar-refractivity contribution in [3.8, 4) is 0 Å². The first-order chi connectivity index (χ1) is 10.8. The summed E-state index contributed by atoms with van der Waals surface area (Å²) in [5, 5.41) is 3.78. The molecule has 0 atom stereocenters. The van der Waals surface area contributed by atoms with Crippen LogP contribution in [0, 0.1) is 0 Å². The van der Waals surface area contributed by atoms with Crippen LogP contribution in [0.4, 0.5) is 4.79 Å². The van der Waals surface area contributed by atoms with Crippen molar-refractivity contribution < 1.29 is 13.2 Å². The molecule has 0 saturated carbocycles. The van der Waals surface area contributed by atoms with Crippen molar-refractivity contribution in [1.82, 2.24) is 14.7 Å². The number of aromatic nitrogens is 2. The van der Waals surface area contributed by atoms with Crippen molar-refractivity contribution in [2.24, 2.45) is 0 Å². The van der Waals surface area contributed by atoms with Gasteiger partial charge < -0.3 is 4.90 Å². The van der Waals surface area contributed by atoms with Crippen molar-refractivity contribution in [3.63, 3.8) is 0 Å². The zero-order chi connectivity index (χ0) is 17.2. The van der Waals surface area contributed by atoms with Crippen LogP contribution >= 0.6 is 31.9 Å². The van der Waals surface area contributed by atoms with Crippen LogP contribution in [0.5, 0.6) is 0 Å². The molecule has 1 heterocycles. The third-order valence-corrected chi connectivity index (χ3v) is 6.39. The van der Waals surface area contributed by atoms with Crippen molar-refractivity contribution in [3.05, 3.63) is 39.4 Å². The number of carbonyl (C=O) groups is 1. The van der Waals surface area contributed by atoms with Gasteiger partial charge in [-0.3, -0.25) is 0 Å². The van der Waals surface area contributed by atoms with E-state index in [0.29, 0.717) is 22.0 Å². The summed E-state index contributed by atoms with van der Waals surface area (Å²) in [5.41, 5.74) is 0. The number of rotatable bonds is 4. The van der Waals surface area contributed by atoms with E-state index < -0.39 is 9.84 Å². The molecule has 6 nitrogen and oxygen atoms in total. The Kier molecular flexibility index (Phi) is 5.64. The highest BCUT2D eigenvalue weighted by Gasteiger charge is 2.25. The van der Waals surface area contributed by atoms with Crippen molar-refractivity contribution in [1.29, 1.82) is 0 Å². The molecule has 0 unspecified atom stereocenters. The van der Waals surface area contributed by atoms with Crippen LogP contribution in [0.3, 0.4) is 0 Å². The summed E-state index contributed by atoms with van der Waals surface area (Å²) in [5.74, 6) is 0. The average molecular weight is 465 g/mol. The molecule has 0 spiro atoms. The second kappa shape index (κ2) is 7.14. The van der Waals surface area contributed by atoms with E-state index in [1.165, 1.54) is 18.3 Å². The lowest BCUT2D eigenvalue weighted by atomic mass is 10.4. The second-order valence-corrected chi connectivity index (χ2v) is 8.27. The molecule has 9 heteroatoms. The molecule has 1 amide bonds. The molecule has 0 bridgehead atoms. The molecule has 2 aromatic rings. The molecule has 2 rings (SSSR count). The van der Waals surface area contributed by atoms with Crippen molar-refractivity contribution in [2.75, 3.05) is 13.1 Å². The molecule has 1 aromatic heterocycles. The summed E-state index contributed by atoms with van der Waals surface area (Å²) < 4.78 is 27.5. The first kappa shape index (κ1) is 18.2. The van der Waals surface area contributed by atoms with Gasteiger partial charge in [0.1, 0.15) is 0 Å². The van der Waals surface area contributed by atoms with Crippen LogP contribution in [0.1, 0.15) is 13.8 Å². The van der Waals surface area contributed by atoms with Crippen LogP contribution in [-0.4, -0.2) is 42.2 Å². The van der Waals surface area contributed by atoms with Gasteiger partial charge in [-0.15, -0.1) is 0 Å². The predicted octanol–water partition coefficient (Wildman–Crippen LogP) is 3.55. The average Bonchev–Trinajstić information content (AvgIpc) is 3.01. The Hall–Kier alpha value is -1.19. The molecular weight excluding hydrogens is 450 g/mol. The normalized spacial score (nSPS) is 11.5. The van der Waals surface area contributed by atoms with E-state index in [-0.39, 0.29) is 16.0 Å². The topological polar surface area (TPSA) is 72.3 Å². The summed E-state index contributed by atoms with van der Waals surface area (Å²) in [7, 11) is -3.82. The maximum Gasteiger partial charge on any atom is 0.344 e. The Morgan fingerprint density at radius 1 is 1.22 bits per heavy atom. The Morgan fingerprint density at radius 3 is 2.48 bits per heavy atom. The highest BCUT2D eigenvalue weighted by atomic mass is 79.9. The number of nitrogens with zero attached hydrogens (tertiary/aromatic N) is 3. The highest BCUT2D eigenvalue weighted by Crippen LogP contribution is 2.29. The molecule has 23 heavy (non-hydrogen) atoms. The Bertz CT molecular complexity index is 830.